The van der Waals surface area contributed by atoms with Crippen LogP contribution in [0.4, 0.5) is 13.2 Å². The molecule has 23 heavy (non-hydrogen) atoms. The Balaban J connectivity index is 1.58. The number of nitrogens with one attached hydrogen (secondary N) is 1. The molecule has 0 spiro atoms. The second-order valence-corrected chi connectivity index (χ2v) is 5.36. The highest BCUT2D eigenvalue weighted by Gasteiger charge is 2.30. The fourth-order valence-electron chi connectivity index (χ4n) is 1.77. The van der Waals surface area contributed by atoms with Crippen LogP contribution < -0.4 is 4.74 Å². The van der Waals surface area contributed by atoms with E-state index in [1.807, 2.05) is 6.07 Å². The second-order valence-electron chi connectivity index (χ2n) is 4.44. The highest BCUT2D eigenvalue weighted by molar-refractivity contribution is 7.98. The summed E-state index contributed by atoms with van der Waals surface area (Å²) in [5.41, 5.74) is 1.53. The lowest BCUT2D eigenvalue weighted by atomic mass is 10.2. The van der Waals surface area contributed by atoms with Crippen LogP contribution in [0.5, 0.6) is 5.75 Å². The molecule has 0 aliphatic rings. The number of thioether (sulfide) groups is 1. The third kappa shape index (κ3) is 4.28. The van der Waals surface area contributed by atoms with Crippen LogP contribution in [0.15, 0.2) is 52.2 Å². The van der Waals surface area contributed by atoms with Crippen molar-refractivity contribution < 1.29 is 22.3 Å². The van der Waals surface area contributed by atoms with E-state index in [1.54, 1.807) is 24.4 Å². The molecule has 1 aromatic carbocycles. The van der Waals surface area contributed by atoms with Crippen molar-refractivity contribution in [1.82, 2.24) is 15.2 Å². The van der Waals surface area contributed by atoms with Crippen LogP contribution in [0.2, 0.25) is 0 Å². The Morgan fingerprint density at radius 3 is 2.57 bits per heavy atom. The van der Waals surface area contributed by atoms with Gasteiger partial charge in [-0.1, -0.05) is 23.9 Å². The summed E-state index contributed by atoms with van der Waals surface area (Å²) in [6.07, 6.45) is -2.94. The fourth-order valence-corrected chi connectivity index (χ4v) is 2.49. The molecule has 0 saturated heterocycles. The van der Waals surface area contributed by atoms with E-state index in [9.17, 15) is 13.2 Å². The van der Waals surface area contributed by atoms with Crippen LogP contribution >= 0.6 is 11.8 Å². The normalized spacial score (nSPS) is 11.6. The van der Waals surface area contributed by atoms with Gasteiger partial charge < -0.3 is 14.1 Å². The van der Waals surface area contributed by atoms with Gasteiger partial charge in [0.25, 0.3) is 11.1 Å². The topological polar surface area (TPSA) is 63.9 Å². The van der Waals surface area contributed by atoms with Gasteiger partial charge >= 0.3 is 6.36 Å². The van der Waals surface area contributed by atoms with Crippen LogP contribution in [0, 0.1) is 0 Å². The summed E-state index contributed by atoms with van der Waals surface area (Å²) in [5, 5.41) is 8.20. The van der Waals surface area contributed by atoms with E-state index in [4.69, 9.17) is 4.42 Å². The quantitative estimate of drug-likeness (QED) is 0.703. The first kappa shape index (κ1) is 15.5. The van der Waals surface area contributed by atoms with Gasteiger partial charge in [0.1, 0.15) is 11.4 Å². The smallest absolute Gasteiger partial charge is 0.410 e. The van der Waals surface area contributed by atoms with Crippen molar-refractivity contribution in [1.29, 1.82) is 0 Å². The van der Waals surface area contributed by atoms with Gasteiger partial charge in [-0.05, 0) is 29.8 Å². The Labute approximate surface area is 132 Å². The molecule has 3 aromatic rings. The van der Waals surface area contributed by atoms with Crippen molar-refractivity contribution in [3.8, 4) is 17.3 Å². The largest absolute Gasteiger partial charge is 0.573 e. The minimum Gasteiger partial charge on any atom is -0.410 e. The van der Waals surface area contributed by atoms with E-state index in [2.05, 4.69) is 19.9 Å². The molecule has 0 amide bonds. The maximum Gasteiger partial charge on any atom is 0.573 e. The van der Waals surface area contributed by atoms with Gasteiger partial charge in [0.2, 0.25) is 0 Å². The average Bonchev–Trinajstić information content (AvgIpc) is 3.16. The van der Waals surface area contributed by atoms with Crippen molar-refractivity contribution in [3.05, 3.63) is 48.2 Å². The third-order valence-corrected chi connectivity index (χ3v) is 3.64. The summed E-state index contributed by atoms with van der Waals surface area (Å²) >= 11 is 1.29. The van der Waals surface area contributed by atoms with Gasteiger partial charge in [0.05, 0.1) is 0 Å². The van der Waals surface area contributed by atoms with Crippen LogP contribution in [-0.4, -0.2) is 21.5 Å². The number of aromatic nitrogens is 3. The summed E-state index contributed by atoms with van der Waals surface area (Å²) in [5.74, 6) is 0.614. The van der Waals surface area contributed by atoms with Gasteiger partial charge in [-0.25, -0.2) is 0 Å². The number of hydrogen-bond donors (Lipinski definition) is 1. The average molecular weight is 341 g/mol. The van der Waals surface area contributed by atoms with Gasteiger partial charge in [-0.2, -0.15) is 0 Å². The molecule has 0 aliphatic heterocycles. The van der Waals surface area contributed by atoms with Crippen LogP contribution in [0.1, 0.15) is 5.56 Å². The molecule has 9 heteroatoms. The predicted octanol–water partition coefficient (Wildman–Crippen LogP) is 4.26. The Hall–Kier alpha value is -2.42. The van der Waals surface area contributed by atoms with E-state index in [0.717, 1.165) is 11.3 Å². The first-order chi connectivity index (χ1) is 11.0. The Morgan fingerprint density at radius 1 is 1.13 bits per heavy atom. The summed E-state index contributed by atoms with van der Waals surface area (Å²) in [6, 6.07) is 9.26. The van der Waals surface area contributed by atoms with E-state index in [-0.39, 0.29) is 5.75 Å². The number of rotatable bonds is 5. The molecule has 120 valence electrons. The maximum absolute atomic E-state index is 12.1. The molecule has 0 bridgehead atoms. The molecule has 0 fully saturated rings. The number of aromatic amines is 1. The molecule has 2 aromatic heterocycles. The molecular weight excluding hydrogens is 331 g/mol. The zero-order chi connectivity index (χ0) is 16.3. The molecule has 0 atom stereocenters. The molecule has 0 saturated carbocycles. The number of H-pyrrole nitrogens is 1. The van der Waals surface area contributed by atoms with Gasteiger partial charge in [0, 0.05) is 11.9 Å². The number of alkyl halides is 3. The van der Waals surface area contributed by atoms with E-state index in [1.165, 1.54) is 23.9 Å². The summed E-state index contributed by atoms with van der Waals surface area (Å²) < 4.78 is 45.5. The van der Waals surface area contributed by atoms with Gasteiger partial charge in [-0.3, -0.25) is 0 Å². The molecule has 5 nitrogen and oxygen atoms in total. The summed E-state index contributed by atoms with van der Waals surface area (Å²) in [4.78, 5) is 2.95. The second kappa shape index (κ2) is 6.37. The first-order valence-corrected chi connectivity index (χ1v) is 7.43. The number of hydrogen-bond acceptors (Lipinski definition) is 5. The SMILES string of the molecule is FC(F)(F)Oc1ccc(CSc2nnc(-c3ccc[nH]3)o2)cc1. The third-order valence-electron chi connectivity index (χ3n) is 2.75. The standard InChI is InChI=1S/C14H10F3N3O2S/c15-14(16,17)22-10-5-3-9(4-6-10)8-23-13-20-19-12(21-13)11-2-1-7-18-11/h1-7,18H,8H2. The number of halogens is 3. The van der Waals surface area contributed by atoms with E-state index >= 15 is 0 Å². The van der Waals surface area contributed by atoms with Gasteiger partial charge in [-0.15, -0.1) is 23.4 Å². The van der Waals surface area contributed by atoms with E-state index in [0.29, 0.717) is 16.9 Å². The molecule has 1 N–H and O–H groups in total. The molecular formula is C14H10F3N3O2S. The van der Waals surface area contributed by atoms with Crippen LogP contribution in [0.3, 0.4) is 0 Å². The maximum atomic E-state index is 12.1. The number of benzene rings is 1. The van der Waals surface area contributed by atoms with Crippen molar-refractivity contribution in [3.63, 3.8) is 0 Å². The van der Waals surface area contributed by atoms with Crippen LogP contribution in [-0.2, 0) is 5.75 Å². The van der Waals surface area contributed by atoms with E-state index < -0.39 is 6.36 Å². The minimum absolute atomic E-state index is 0.252. The van der Waals surface area contributed by atoms with Crippen molar-refractivity contribution in [2.75, 3.05) is 0 Å². The number of nitrogens with zero attached hydrogens (tertiary/aromatic N) is 2. The molecule has 2 heterocycles. The number of ether oxygens (including phenoxy) is 1. The zero-order valence-corrected chi connectivity index (χ0v) is 12.3. The zero-order valence-electron chi connectivity index (χ0n) is 11.5. The monoisotopic (exact) mass is 341 g/mol. The fraction of sp³-hybridized carbons (Fsp3) is 0.143. The van der Waals surface area contributed by atoms with Crippen molar-refractivity contribution in [2.24, 2.45) is 0 Å². The Kier molecular flexibility index (Phi) is 4.28. The highest BCUT2D eigenvalue weighted by atomic mass is 32.2. The lowest BCUT2D eigenvalue weighted by Crippen LogP contribution is -2.16. The summed E-state index contributed by atoms with van der Waals surface area (Å²) in [6.45, 7) is 0. The van der Waals surface area contributed by atoms with Crippen LogP contribution in [0.25, 0.3) is 11.6 Å². The summed E-state index contributed by atoms with van der Waals surface area (Å²) in [7, 11) is 0. The molecule has 0 aliphatic carbocycles. The molecule has 0 unspecified atom stereocenters. The Morgan fingerprint density at radius 2 is 1.91 bits per heavy atom. The molecule has 0 radical (unpaired) electrons. The Bertz CT molecular complexity index is 754. The van der Waals surface area contributed by atoms with Gasteiger partial charge in [0.15, 0.2) is 0 Å². The van der Waals surface area contributed by atoms with Crippen molar-refractivity contribution >= 4 is 11.8 Å². The lowest BCUT2D eigenvalue weighted by molar-refractivity contribution is -0.274. The minimum atomic E-state index is -4.69. The predicted molar refractivity (Wildman–Crippen MR) is 76.8 cm³/mol. The lowest BCUT2D eigenvalue weighted by Gasteiger charge is -2.08. The molecule has 3 rings (SSSR count). The van der Waals surface area contributed by atoms with Crippen molar-refractivity contribution in [2.45, 2.75) is 17.3 Å². The highest BCUT2D eigenvalue weighted by Crippen LogP contribution is 2.27. The first-order valence-electron chi connectivity index (χ1n) is 6.44.